The average Bonchev–Trinajstić information content (AvgIpc) is 2.83. The van der Waals surface area contributed by atoms with Gasteiger partial charge in [0.15, 0.2) is 18.1 Å². The van der Waals surface area contributed by atoms with Gasteiger partial charge in [-0.3, -0.25) is 19.5 Å². The molecule has 0 saturated carbocycles. The minimum Gasteiger partial charge on any atom is -0.484 e. The number of piperidine rings is 1. The van der Waals surface area contributed by atoms with Gasteiger partial charge in [-0.2, -0.15) is 13.2 Å². The first kappa shape index (κ1) is 29.9. The fourth-order valence-corrected chi connectivity index (χ4v) is 3.76. The van der Waals surface area contributed by atoms with Crippen LogP contribution in [0.1, 0.15) is 39.3 Å². The van der Waals surface area contributed by atoms with Gasteiger partial charge in [-0.05, 0) is 45.7 Å². The number of benzene rings is 1. The minimum atomic E-state index is -4.77. The Morgan fingerprint density at radius 2 is 1.87 bits per heavy atom. The Hall–Kier alpha value is -3.68. The van der Waals surface area contributed by atoms with Crippen LogP contribution in [-0.2, 0) is 20.5 Å². The van der Waals surface area contributed by atoms with Crippen molar-refractivity contribution < 1.29 is 41.4 Å². The zero-order chi connectivity index (χ0) is 29.0. The number of rotatable bonds is 6. The smallest absolute Gasteiger partial charge is 0.434 e. The number of carbonyl (C=O) groups is 3. The van der Waals surface area contributed by atoms with Gasteiger partial charge in [0.1, 0.15) is 23.2 Å². The van der Waals surface area contributed by atoms with E-state index in [4.69, 9.17) is 21.1 Å². The van der Waals surface area contributed by atoms with Crippen molar-refractivity contribution in [2.75, 3.05) is 18.5 Å². The molecule has 1 aliphatic rings. The topological polar surface area (TPSA) is 123 Å². The third-order valence-electron chi connectivity index (χ3n) is 5.31. The molecule has 2 aromatic rings. The molecule has 1 aromatic heterocycles. The lowest BCUT2D eigenvalue weighted by molar-refractivity contribution is -0.141. The normalized spacial score (nSPS) is 17.8. The van der Waals surface area contributed by atoms with Crippen LogP contribution in [0.3, 0.4) is 0 Å². The van der Waals surface area contributed by atoms with Crippen molar-refractivity contribution in [2.24, 2.45) is 0 Å². The lowest BCUT2D eigenvalue weighted by Gasteiger charge is -2.39. The summed E-state index contributed by atoms with van der Waals surface area (Å²) in [5.41, 5.74) is -2.21. The number of hydrogen-bond acceptors (Lipinski definition) is 7. The highest BCUT2D eigenvalue weighted by atomic mass is 35.5. The molecule has 3 amide bonds. The van der Waals surface area contributed by atoms with Crippen LogP contribution < -0.4 is 15.4 Å². The maximum Gasteiger partial charge on any atom is 0.434 e. The Kier molecular flexibility index (Phi) is 9.20. The van der Waals surface area contributed by atoms with Gasteiger partial charge in [-0.1, -0.05) is 11.6 Å². The van der Waals surface area contributed by atoms with Crippen LogP contribution in [-0.4, -0.2) is 63.6 Å². The van der Waals surface area contributed by atoms with Gasteiger partial charge in [-0.15, -0.1) is 0 Å². The predicted octanol–water partition coefficient (Wildman–Crippen LogP) is 4.19. The summed E-state index contributed by atoms with van der Waals surface area (Å²) in [6.07, 6.45) is -3.87. The van der Waals surface area contributed by atoms with Crippen LogP contribution in [0.4, 0.5) is 28.2 Å². The monoisotopic (exact) mass is 575 g/mol. The van der Waals surface area contributed by atoms with Gasteiger partial charge < -0.3 is 20.1 Å². The maximum atomic E-state index is 13.6. The van der Waals surface area contributed by atoms with Crippen LogP contribution in [0.2, 0.25) is 5.02 Å². The van der Waals surface area contributed by atoms with Crippen LogP contribution in [0.5, 0.6) is 5.75 Å². The van der Waals surface area contributed by atoms with E-state index in [0.717, 1.165) is 17.2 Å². The number of alkyl halides is 3. The molecular weight excluding hydrogens is 550 g/mol. The number of amides is 3. The van der Waals surface area contributed by atoms with Gasteiger partial charge in [0.25, 0.3) is 5.91 Å². The van der Waals surface area contributed by atoms with Gasteiger partial charge >= 0.3 is 12.3 Å². The summed E-state index contributed by atoms with van der Waals surface area (Å²) in [5, 5.41) is 4.85. The van der Waals surface area contributed by atoms with E-state index in [0.29, 0.717) is 6.20 Å². The minimum absolute atomic E-state index is 0.0473. The Morgan fingerprint density at radius 3 is 2.51 bits per heavy atom. The summed E-state index contributed by atoms with van der Waals surface area (Å²) in [5.74, 6) is -2.44. The highest BCUT2D eigenvalue weighted by molar-refractivity contribution is 6.30. The maximum absolute atomic E-state index is 13.6. The fraction of sp³-hybridized carbons (Fsp3) is 0.458. The molecule has 1 saturated heterocycles. The first-order valence-electron chi connectivity index (χ1n) is 11.7. The zero-order valence-electron chi connectivity index (χ0n) is 21.1. The molecule has 1 aromatic carbocycles. The standard InChI is InChI=1S/C24H26ClF4N5O5/c1-23(2,3)39-22(37)34-11-13(31-20(35)12-38-14-5-6-15(25)16(26)8-14)4-7-17(34)21(36)33-19-10-30-9-18(32-19)24(27,28)29/h5-6,8-10,13,17H,4,7,11-12H2,1-3H3,(H,31,35)(H,32,33,36). The van der Waals surface area contributed by atoms with E-state index >= 15 is 0 Å². The van der Waals surface area contributed by atoms with Gasteiger partial charge in [0, 0.05) is 18.7 Å². The second-order valence-electron chi connectivity index (χ2n) is 9.63. The van der Waals surface area contributed by atoms with Crippen molar-refractivity contribution in [1.29, 1.82) is 0 Å². The van der Waals surface area contributed by atoms with E-state index in [2.05, 4.69) is 20.6 Å². The number of likely N-dealkylation sites (tertiary alicyclic amines) is 1. The Labute approximate surface area is 226 Å². The SMILES string of the molecule is CC(C)(C)OC(=O)N1CC(NC(=O)COc2ccc(Cl)c(F)c2)CCC1C(=O)Nc1cncc(C(F)(F)F)n1. The van der Waals surface area contributed by atoms with Gasteiger partial charge in [0.2, 0.25) is 5.91 Å². The molecule has 3 rings (SSSR count). The number of anilines is 1. The summed E-state index contributed by atoms with van der Waals surface area (Å²) >= 11 is 5.62. The lowest BCUT2D eigenvalue weighted by Crippen LogP contribution is -2.58. The van der Waals surface area contributed by atoms with Crippen LogP contribution in [0.15, 0.2) is 30.6 Å². The predicted molar refractivity (Wildman–Crippen MR) is 130 cm³/mol. The van der Waals surface area contributed by atoms with Gasteiger partial charge in [-0.25, -0.2) is 14.2 Å². The van der Waals surface area contributed by atoms with E-state index in [1.165, 1.54) is 12.1 Å². The molecule has 15 heteroatoms. The second kappa shape index (κ2) is 12.0. The van der Waals surface area contributed by atoms with E-state index < -0.39 is 65.7 Å². The van der Waals surface area contributed by atoms with Crippen molar-refractivity contribution >= 4 is 35.3 Å². The number of halogens is 5. The molecule has 2 unspecified atom stereocenters. The first-order chi connectivity index (χ1) is 18.1. The molecule has 0 bridgehead atoms. The van der Waals surface area contributed by atoms with Crippen molar-refractivity contribution in [3.8, 4) is 5.75 Å². The largest absolute Gasteiger partial charge is 0.484 e. The first-order valence-corrected chi connectivity index (χ1v) is 12.1. The number of ether oxygens (including phenoxy) is 2. The molecule has 212 valence electrons. The van der Waals surface area contributed by atoms with Crippen LogP contribution in [0, 0.1) is 5.82 Å². The van der Waals surface area contributed by atoms with E-state index in [1.54, 1.807) is 20.8 Å². The van der Waals surface area contributed by atoms with Crippen molar-refractivity contribution in [1.82, 2.24) is 20.2 Å². The molecule has 0 radical (unpaired) electrons. The third kappa shape index (κ3) is 8.67. The molecule has 0 aliphatic carbocycles. The molecule has 1 aliphatic heterocycles. The third-order valence-corrected chi connectivity index (χ3v) is 5.62. The van der Waals surface area contributed by atoms with Crippen LogP contribution in [0.25, 0.3) is 0 Å². The zero-order valence-corrected chi connectivity index (χ0v) is 21.9. The summed E-state index contributed by atoms with van der Waals surface area (Å²) < 4.78 is 63.1. The van der Waals surface area contributed by atoms with E-state index in [1.807, 2.05) is 0 Å². The van der Waals surface area contributed by atoms with Crippen LogP contribution >= 0.6 is 11.6 Å². The van der Waals surface area contributed by atoms with Crippen molar-refractivity contribution in [3.05, 3.63) is 47.1 Å². The molecule has 2 heterocycles. The molecule has 10 nitrogen and oxygen atoms in total. The van der Waals surface area contributed by atoms with E-state index in [-0.39, 0.29) is 30.2 Å². The Bertz CT molecular complexity index is 1220. The van der Waals surface area contributed by atoms with Crippen molar-refractivity contribution in [2.45, 2.75) is 57.5 Å². The molecule has 1 fully saturated rings. The molecule has 0 spiro atoms. The lowest BCUT2D eigenvalue weighted by atomic mass is 9.97. The van der Waals surface area contributed by atoms with Gasteiger partial charge in [0.05, 0.1) is 17.4 Å². The summed E-state index contributed by atoms with van der Waals surface area (Å²) in [7, 11) is 0. The summed E-state index contributed by atoms with van der Waals surface area (Å²) in [6.45, 7) is 4.28. The second-order valence-corrected chi connectivity index (χ2v) is 10.0. The highest BCUT2D eigenvalue weighted by Crippen LogP contribution is 2.28. The fourth-order valence-electron chi connectivity index (χ4n) is 3.64. The van der Waals surface area contributed by atoms with Crippen molar-refractivity contribution in [3.63, 3.8) is 0 Å². The molecule has 2 atom stereocenters. The Balaban J connectivity index is 1.68. The number of nitrogens with one attached hydrogen (secondary N) is 2. The highest BCUT2D eigenvalue weighted by Gasteiger charge is 2.39. The average molecular weight is 576 g/mol. The number of nitrogens with zero attached hydrogens (tertiary/aromatic N) is 3. The Morgan fingerprint density at radius 1 is 1.15 bits per heavy atom. The molecule has 39 heavy (non-hydrogen) atoms. The number of hydrogen-bond donors (Lipinski definition) is 2. The number of carbonyl (C=O) groups excluding carboxylic acids is 3. The molecule has 2 N–H and O–H groups in total. The summed E-state index contributed by atoms with van der Waals surface area (Å²) in [6, 6.07) is 1.96. The molecular formula is C24H26ClF4N5O5. The quantitative estimate of drug-likeness (QED) is 0.495. The van der Waals surface area contributed by atoms with E-state index in [9.17, 15) is 31.9 Å². The number of aromatic nitrogens is 2. The summed E-state index contributed by atoms with van der Waals surface area (Å²) in [4.78, 5) is 46.3.